The molecule has 0 bridgehead atoms. The molecule has 3 aromatic rings. The number of cyclic esters (lactones) is 1. The quantitative estimate of drug-likeness (QED) is 0.333. The zero-order valence-electron chi connectivity index (χ0n) is 20.3. The van der Waals surface area contributed by atoms with Gasteiger partial charge in [-0.2, -0.15) is 0 Å². The molecule has 4 aliphatic rings. The number of nitrogens with zero attached hydrogens (tertiary/aromatic N) is 2. The summed E-state index contributed by atoms with van der Waals surface area (Å²) >= 11 is 0. The molecule has 1 saturated carbocycles. The maximum absolute atomic E-state index is 13.7. The largest absolute Gasteiger partial charge is 0.458 e. The third-order valence-corrected chi connectivity index (χ3v) is 8.49. The fourth-order valence-electron chi connectivity index (χ4n) is 6.53. The Morgan fingerprint density at radius 3 is 2.53 bits per heavy atom. The summed E-state index contributed by atoms with van der Waals surface area (Å²) in [6, 6.07) is 5.76. The van der Waals surface area contributed by atoms with Crippen LogP contribution in [0.5, 0.6) is 11.5 Å². The first kappa shape index (κ1) is 21.9. The minimum atomic E-state index is -1.84. The highest BCUT2D eigenvalue weighted by atomic mass is 16.7. The van der Waals surface area contributed by atoms with Crippen molar-refractivity contribution in [2.75, 3.05) is 6.79 Å². The molecule has 0 saturated heterocycles. The average molecular weight is 489 g/mol. The van der Waals surface area contributed by atoms with Gasteiger partial charge in [-0.05, 0) is 42.9 Å². The second-order valence-corrected chi connectivity index (χ2v) is 10.4. The summed E-state index contributed by atoms with van der Waals surface area (Å²) in [6.07, 6.45) is 7.15. The number of aromatic nitrogens is 2. The van der Waals surface area contributed by atoms with E-state index in [0.29, 0.717) is 35.0 Å². The van der Waals surface area contributed by atoms with E-state index >= 15 is 0 Å². The number of benzene rings is 1. The maximum atomic E-state index is 13.7. The summed E-state index contributed by atoms with van der Waals surface area (Å²) in [5.74, 6) is 1.05. The smallest absolute Gasteiger partial charge is 0.343 e. The molecule has 1 fully saturated rings. The van der Waals surface area contributed by atoms with Gasteiger partial charge in [0.2, 0.25) is 6.79 Å². The van der Waals surface area contributed by atoms with Crippen LogP contribution in [-0.2, 0) is 28.3 Å². The summed E-state index contributed by atoms with van der Waals surface area (Å²) in [6.45, 7) is 2.20. The van der Waals surface area contributed by atoms with Crippen LogP contribution >= 0.6 is 0 Å². The van der Waals surface area contributed by atoms with Crippen molar-refractivity contribution < 1.29 is 24.1 Å². The predicted molar refractivity (Wildman–Crippen MR) is 131 cm³/mol. The standard InChI is InChI=1S/C28H28N2O6/c1-2-28(33)19-10-21-25-17(12-30(21)26(31)18(19)13-34-27(28)32)24(15-7-5-3-4-6-8-15)16-9-22-23(36-14-35-22)11-20(16)29-25/h9-11,15,33H,2-8,12-14H2,1H3/t28-/m0/s1. The summed E-state index contributed by atoms with van der Waals surface area (Å²) in [5, 5.41) is 12.3. The Balaban J connectivity index is 1.51. The zero-order valence-corrected chi connectivity index (χ0v) is 20.3. The number of hydrogen-bond donors (Lipinski definition) is 1. The molecule has 1 N–H and O–H groups in total. The first-order valence-corrected chi connectivity index (χ1v) is 12.9. The van der Waals surface area contributed by atoms with Gasteiger partial charge in [-0.25, -0.2) is 9.78 Å². The topological polar surface area (TPSA) is 99.9 Å². The number of aliphatic hydroxyl groups is 1. The Hall–Kier alpha value is -3.39. The van der Waals surface area contributed by atoms with Crippen molar-refractivity contribution >= 4 is 16.9 Å². The van der Waals surface area contributed by atoms with Crippen molar-refractivity contribution in [3.63, 3.8) is 0 Å². The van der Waals surface area contributed by atoms with Crippen molar-refractivity contribution in [1.82, 2.24) is 9.55 Å². The normalized spacial score (nSPS) is 22.7. The number of rotatable bonds is 2. The molecule has 1 aromatic carbocycles. The van der Waals surface area contributed by atoms with Crippen molar-refractivity contribution in [3.8, 4) is 22.9 Å². The molecule has 8 heteroatoms. The average Bonchev–Trinajstić information content (AvgIpc) is 3.38. The van der Waals surface area contributed by atoms with Crippen LogP contribution < -0.4 is 15.0 Å². The number of pyridine rings is 2. The molecule has 3 aliphatic heterocycles. The molecule has 1 aliphatic carbocycles. The molecule has 8 nitrogen and oxygen atoms in total. The Bertz CT molecular complexity index is 1500. The Morgan fingerprint density at radius 1 is 1.03 bits per heavy atom. The van der Waals surface area contributed by atoms with Crippen LogP contribution in [0.15, 0.2) is 23.0 Å². The van der Waals surface area contributed by atoms with Gasteiger partial charge >= 0.3 is 5.97 Å². The van der Waals surface area contributed by atoms with Crippen molar-refractivity contribution in [2.45, 2.75) is 76.5 Å². The van der Waals surface area contributed by atoms with Crippen LogP contribution in [0.2, 0.25) is 0 Å². The van der Waals surface area contributed by atoms with Crippen LogP contribution in [0.4, 0.5) is 0 Å². The monoisotopic (exact) mass is 488 g/mol. The van der Waals surface area contributed by atoms with Gasteiger partial charge in [0.25, 0.3) is 5.56 Å². The van der Waals surface area contributed by atoms with Crippen LogP contribution in [0.1, 0.15) is 80.0 Å². The first-order valence-electron chi connectivity index (χ1n) is 12.9. The molecule has 0 unspecified atom stereocenters. The third kappa shape index (κ3) is 2.94. The number of esters is 1. The van der Waals surface area contributed by atoms with E-state index in [1.165, 1.54) is 31.2 Å². The predicted octanol–water partition coefficient (Wildman–Crippen LogP) is 4.25. The second kappa shape index (κ2) is 7.80. The van der Waals surface area contributed by atoms with Gasteiger partial charge in [0.15, 0.2) is 17.1 Å². The van der Waals surface area contributed by atoms with Crippen LogP contribution in [0, 0.1) is 0 Å². The number of carbonyl (C=O) groups is 1. The van der Waals surface area contributed by atoms with E-state index in [1.807, 2.05) is 12.1 Å². The minimum Gasteiger partial charge on any atom is -0.458 e. The Labute approximate surface area is 207 Å². The van der Waals surface area contributed by atoms with Gasteiger partial charge in [0, 0.05) is 22.6 Å². The van der Waals surface area contributed by atoms with Gasteiger partial charge in [-0.1, -0.05) is 32.6 Å². The van der Waals surface area contributed by atoms with E-state index in [2.05, 4.69) is 0 Å². The van der Waals surface area contributed by atoms with E-state index in [0.717, 1.165) is 40.8 Å². The molecule has 0 amide bonds. The Morgan fingerprint density at radius 2 is 1.78 bits per heavy atom. The van der Waals surface area contributed by atoms with Gasteiger partial charge in [-0.15, -0.1) is 0 Å². The lowest BCUT2D eigenvalue weighted by atomic mass is 9.84. The van der Waals surface area contributed by atoms with Crippen molar-refractivity contribution in [3.05, 3.63) is 50.8 Å². The molecule has 2 aromatic heterocycles. The minimum absolute atomic E-state index is 0.122. The maximum Gasteiger partial charge on any atom is 0.343 e. The van der Waals surface area contributed by atoms with E-state index in [9.17, 15) is 14.7 Å². The molecule has 1 atom stereocenters. The van der Waals surface area contributed by atoms with Crippen molar-refractivity contribution in [1.29, 1.82) is 0 Å². The summed E-state index contributed by atoms with van der Waals surface area (Å²) in [4.78, 5) is 31.2. The second-order valence-electron chi connectivity index (χ2n) is 10.4. The lowest BCUT2D eigenvalue weighted by molar-refractivity contribution is -0.172. The summed E-state index contributed by atoms with van der Waals surface area (Å²) in [5.41, 5.74) is 3.12. The van der Waals surface area contributed by atoms with E-state index in [-0.39, 0.29) is 25.4 Å². The SMILES string of the molecule is CC[C@@]1(O)C(=O)OCc2c1cc1n(c2=O)Cc2c-1nc1cc3c(cc1c2C1CCCCCC1)OCO3. The number of fused-ring (bicyclic) bond motifs is 6. The summed E-state index contributed by atoms with van der Waals surface area (Å²) < 4.78 is 18.3. The molecular formula is C28H28N2O6. The fourth-order valence-corrected chi connectivity index (χ4v) is 6.53. The number of carbonyl (C=O) groups excluding carboxylic acids is 1. The number of hydrogen-bond acceptors (Lipinski definition) is 7. The molecule has 7 rings (SSSR count). The zero-order chi connectivity index (χ0) is 24.6. The van der Waals surface area contributed by atoms with Gasteiger partial charge in [0.05, 0.1) is 29.0 Å². The molecule has 0 radical (unpaired) electrons. The molecule has 0 spiro atoms. The van der Waals surface area contributed by atoms with Gasteiger partial charge < -0.3 is 23.9 Å². The summed E-state index contributed by atoms with van der Waals surface area (Å²) in [7, 11) is 0. The molecule has 186 valence electrons. The van der Waals surface area contributed by atoms with E-state index in [4.69, 9.17) is 19.2 Å². The first-order chi connectivity index (χ1) is 17.5. The third-order valence-electron chi connectivity index (χ3n) is 8.49. The van der Waals surface area contributed by atoms with Crippen LogP contribution in [0.25, 0.3) is 22.3 Å². The highest BCUT2D eigenvalue weighted by molar-refractivity contribution is 5.91. The lowest BCUT2D eigenvalue weighted by Gasteiger charge is -2.31. The highest BCUT2D eigenvalue weighted by Crippen LogP contribution is 2.47. The molecular weight excluding hydrogens is 460 g/mol. The van der Waals surface area contributed by atoms with E-state index in [1.54, 1.807) is 17.6 Å². The van der Waals surface area contributed by atoms with Crippen molar-refractivity contribution in [2.24, 2.45) is 0 Å². The lowest BCUT2D eigenvalue weighted by Crippen LogP contribution is -2.44. The molecule has 36 heavy (non-hydrogen) atoms. The van der Waals surface area contributed by atoms with Gasteiger partial charge in [-0.3, -0.25) is 4.79 Å². The Kier molecular flexibility index (Phi) is 4.74. The molecule has 5 heterocycles. The van der Waals surface area contributed by atoms with Crippen LogP contribution in [-0.4, -0.2) is 27.4 Å². The highest BCUT2D eigenvalue weighted by Gasteiger charge is 2.45. The van der Waals surface area contributed by atoms with Crippen LogP contribution in [0.3, 0.4) is 0 Å². The van der Waals surface area contributed by atoms with Gasteiger partial charge in [0.1, 0.15) is 6.61 Å². The fraction of sp³-hybridized carbons (Fsp3) is 0.464. The number of ether oxygens (including phenoxy) is 3. The van der Waals surface area contributed by atoms with E-state index < -0.39 is 11.6 Å².